The minimum absolute atomic E-state index is 0.182. The predicted octanol–water partition coefficient (Wildman–Crippen LogP) is -0.462. The lowest BCUT2D eigenvalue weighted by molar-refractivity contribution is -0.118. The van der Waals surface area contributed by atoms with Gasteiger partial charge in [-0.2, -0.15) is 0 Å². The average Bonchev–Trinajstić information content (AvgIpc) is 2.47. The first-order chi connectivity index (χ1) is 6.75. The van der Waals surface area contributed by atoms with Crippen LogP contribution in [0, 0.1) is 5.92 Å². The highest BCUT2D eigenvalue weighted by molar-refractivity contribution is 6.01. The third-order valence-corrected chi connectivity index (χ3v) is 2.75. The number of nitrogens with zero attached hydrogens (tertiary/aromatic N) is 1. The molecule has 0 bridgehead atoms. The number of urea groups is 1. The van der Waals surface area contributed by atoms with Crippen LogP contribution in [-0.2, 0) is 4.79 Å². The second-order valence-electron chi connectivity index (χ2n) is 3.95. The van der Waals surface area contributed by atoms with E-state index < -0.39 is 0 Å². The SMILES string of the molecule is O=C1CN(CC2CCCNC2)C(=O)N1. The smallest absolute Gasteiger partial charge is 0.316 e. The van der Waals surface area contributed by atoms with E-state index in [4.69, 9.17) is 0 Å². The molecule has 0 radical (unpaired) electrons. The molecule has 0 aromatic heterocycles. The third kappa shape index (κ3) is 2.04. The van der Waals surface area contributed by atoms with E-state index in [0.717, 1.165) is 25.9 Å². The summed E-state index contributed by atoms with van der Waals surface area (Å²) in [4.78, 5) is 23.7. The summed E-state index contributed by atoms with van der Waals surface area (Å²) in [5.74, 6) is 0.319. The number of hydrogen-bond acceptors (Lipinski definition) is 3. The van der Waals surface area contributed by atoms with Crippen LogP contribution in [0.15, 0.2) is 0 Å². The first-order valence-electron chi connectivity index (χ1n) is 5.05. The average molecular weight is 197 g/mol. The van der Waals surface area contributed by atoms with Crippen molar-refractivity contribution >= 4 is 11.9 Å². The number of carbonyl (C=O) groups is 2. The van der Waals surface area contributed by atoms with Gasteiger partial charge in [0, 0.05) is 6.54 Å². The molecule has 2 aliphatic heterocycles. The lowest BCUT2D eigenvalue weighted by Crippen LogP contribution is -2.39. The largest absolute Gasteiger partial charge is 0.324 e. The molecule has 1 atom stereocenters. The van der Waals surface area contributed by atoms with Crippen LogP contribution in [-0.4, -0.2) is 43.0 Å². The van der Waals surface area contributed by atoms with Gasteiger partial charge in [-0.1, -0.05) is 0 Å². The fourth-order valence-electron chi connectivity index (χ4n) is 2.02. The van der Waals surface area contributed by atoms with Gasteiger partial charge in [-0.25, -0.2) is 4.79 Å². The van der Waals surface area contributed by atoms with E-state index in [-0.39, 0.29) is 18.5 Å². The maximum absolute atomic E-state index is 11.2. The molecule has 2 heterocycles. The fraction of sp³-hybridized carbons (Fsp3) is 0.778. The van der Waals surface area contributed by atoms with Crippen LogP contribution in [0.5, 0.6) is 0 Å². The van der Waals surface area contributed by atoms with Gasteiger partial charge >= 0.3 is 6.03 Å². The first-order valence-corrected chi connectivity index (χ1v) is 5.05. The molecule has 2 saturated heterocycles. The first kappa shape index (κ1) is 9.45. The number of rotatable bonds is 2. The molecule has 5 nitrogen and oxygen atoms in total. The zero-order chi connectivity index (χ0) is 9.97. The van der Waals surface area contributed by atoms with Crippen molar-refractivity contribution in [1.29, 1.82) is 0 Å². The molecule has 5 heteroatoms. The van der Waals surface area contributed by atoms with Crippen molar-refractivity contribution in [3.8, 4) is 0 Å². The number of carbonyl (C=O) groups excluding carboxylic acids is 2. The molecule has 0 saturated carbocycles. The summed E-state index contributed by atoms with van der Waals surface area (Å²) in [5, 5.41) is 5.58. The summed E-state index contributed by atoms with van der Waals surface area (Å²) < 4.78 is 0. The van der Waals surface area contributed by atoms with Crippen molar-refractivity contribution in [2.75, 3.05) is 26.2 Å². The highest BCUT2D eigenvalue weighted by Crippen LogP contribution is 2.12. The Morgan fingerprint density at radius 2 is 2.29 bits per heavy atom. The molecular formula is C9H15N3O2. The summed E-state index contributed by atoms with van der Waals surface area (Å²) in [6.07, 6.45) is 2.30. The van der Waals surface area contributed by atoms with E-state index in [2.05, 4.69) is 10.6 Å². The molecular weight excluding hydrogens is 182 g/mol. The van der Waals surface area contributed by atoms with Crippen LogP contribution in [0.25, 0.3) is 0 Å². The molecule has 2 N–H and O–H groups in total. The number of piperidine rings is 1. The Bertz CT molecular complexity index is 248. The molecule has 2 fully saturated rings. The van der Waals surface area contributed by atoms with Crippen LogP contribution in [0.3, 0.4) is 0 Å². The van der Waals surface area contributed by atoms with Crippen molar-refractivity contribution in [3.63, 3.8) is 0 Å². The van der Waals surface area contributed by atoms with Crippen molar-refractivity contribution in [3.05, 3.63) is 0 Å². The topological polar surface area (TPSA) is 61.4 Å². The minimum atomic E-state index is -0.236. The summed E-state index contributed by atoms with van der Waals surface area (Å²) in [6.45, 7) is 2.96. The Labute approximate surface area is 82.8 Å². The standard InChI is InChI=1S/C9H15N3O2/c13-8-6-12(9(14)11-8)5-7-2-1-3-10-4-7/h7,10H,1-6H2,(H,11,13,14). The third-order valence-electron chi connectivity index (χ3n) is 2.75. The molecule has 2 rings (SSSR count). The molecule has 2 aliphatic rings. The summed E-state index contributed by atoms with van der Waals surface area (Å²) >= 11 is 0. The molecule has 0 aliphatic carbocycles. The second kappa shape index (κ2) is 3.96. The van der Waals surface area contributed by atoms with Crippen molar-refractivity contribution in [2.45, 2.75) is 12.8 Å². The zero-order valence-electron chi connectivity index (χ0n) is 8.08. The summed E-state index contributed by atoms with van der Waals surface area (Å²) in [6, 6.07) is -0.236. The minimum Gasteiger partial charge on any atom is -0.316 e. The number of nitrogens with one attached hydrogen (secondary N) is 2. The lowest BCUT2D eigenvalue weighted by atomic mass is 9.99. The predicted molar refractivity (Wildman–Crippen MR) is 50.7 cm³/mol. The molecule has 3 amide bonds. The molecule has 14 heavy (non-hydrogen) atoms. The molecule has 1 unspecified atom stereocenters. The highest BCUT2D eigenvalue weighted by Gasteiger charge is 2.28. The fourth-order valence-corrected chi connectivity index (χ4v) is 2.02. The van der Waals surface area contributed by atoms with Gasteiger partial charge in [0.2, 0.25) is 5.91 Å². The number of amides is 3. The van der Waals surface area contributed by atoms with Gasteiger partial charge in [0.15, 0.2) is 0 Å². The van der Waals surface area contributed by atoms with Gasteiger partial charge in [-0.15, -0.1) is 0 Å². The van der Waals surface area contributed by atoms with E-state index >= 15 is 0 Å². The Balaban J connectivity index is 1.84. The van der Waals surface area contributed by atoms with E-state index in [1.54, 1.807) is 4.90 Å². The van der Waals surface area contributed by atoms with E-state index in [9.17, 15) is 9.59 Å². The molecule has 0 aromatic rings. The van der Waals surface area contributed by atoms with Gasteiger partial charge in [0.25, 0.3) is 0 Å². The molecule has 0 spiro atoms. The van der Waals surface area contributed by atoms with Crippen LogP contribution >= 0.6 is 0 Å². The van der Waals surface area contributed by atoms with Crippen LogP contribution < -0.4 is 10.6 Å². The lowest BCUT2D eigenvalue weighted by Gasteiger charge is -2.26. The normalized spacial score (nSPS) is 28.0. The van der Waals surface area contributed by atoms with Gasteiger partial charge in [-0.3, -0.25) is 10.1 Å². The Morgan fingerprint density at radius 3 is 2.86 bits per heavy atom. The number of hydrogen-bond donors (Lipinski definition) is 2. The maximum Gasteiger partial charge on any atom is 0.324 e. The van der Waals surface area contributed by atoms with E-state index in [0.29, 0.717) is 12.5 Å². The Kier molecular flexibility index (Phi) is 2.67. The summed E-state index contributed by atoms with van der Waals surface area (Å²) in [7, 11) is 0. The van der Waals surface area contributed by atoms with Gasteiger partial charge in [0.05, 0.1) is 0 Å². The van der Waals surface area contributed by atoms with E-state index in [1.807, 2.05) is 0 Å². The van der Waals surface area contributed by atoms with Crippen LogP contribution in [0.4, 0.5) is 4.79 Å². The summed E-state index contributed by atoms with van der Waals surface area (Å²) in [5.41, 5.74) is 0. The highest BCUT2D eigenvalue weighted by atomic mass is 16.2. The second-order valence-corrected chi connectivity index (χ2v) is 3.95. The van der Waals surface area contributed by atoms with E-state index in [1.165, 1.54) is 0 Å². The monoisotopic (exact) mass is 197 g/mol. The van der Waals surface area contributed by atoms with Crippen molar-refractivity contribution < 1.29 is 9.59 Å². The van der Waals surface area contributed by atoms with Gasteiger partial charge < -0.3 is 10.2 Å². The molecule has 0 aromatic carbocycles. The van der Waals surface area contributed by atoms with Crippen molar-refractivity contribution in [2.24, 2.45) is 5.92 Å². The molecule has 78 valence electrons. The zero-order valence-corrected chi connectivity index (χ0v) is 8.08. The van der Waals surface area contributed by atoms with Gasteiger partial charge in [0.1, 0.15) is 6.54 Å². The maximum atomic E-state index is 11.2. The Morgan fingerprint density at radius 1 is 1.43 bits per heavy atom. The quantitative estimate of drug-likeness (QED) is 0.589. The van der Waals surface area contributed by atoms with Crippen LogP contribution in [0.1, 0.15) is 12.8 Å². The Hall–Kier alpha value is -1.10. The van der Waals surface area contributed by atoms with Gasteiger partial charge in [-0.05, 0) is 31.8 Å². The van der Waals surface area contributed by atoms with Crippen LogP contribution in [0.2, 0.25) is 0 Å². The number of imide groups is 1. The van der Waals surface area contributed by atoms with Crippen molar-refractivity contribution in [1.82, 2.24) is 15.5 Å².